The highest BCUT2D eigenvalue weighted by atomic mass is 28.4. The molecule has 8 nitrogen and oxygen atoms in total. The number of carbonyl (C=O) groups excluding carboxylic acids is 2. The van der Waals surface area contributed by atoms with Gasteiger partial charge in [-0.25, -0.2) is 4.79 Å². The van der Waals surface area contributed by atoms with E-state index in [2.05, 4.69) is 37.8 Å². The van der Waals surface area contributed by atoms with Gasteiger partial charge in [-0.2, -0.15) is 0 Å². The lowest BCUT2D eigenvalue weighted by Crippen LogP contribution is -2.38. The molecule has 1 N–H and O–H groups in total. The molecule has 0 radical (unpaired) electrons. The van der Waals surface area contributed by atoms with Gasteiger partial charge in [-0.05, 0) is 56.0 Å². The van der Waals surface area contributed by atoms with E-state index >= 15 is 0 Å². The van der Waals surface area contributed by atoms with Crippen molar-refractivity contribution in [3.05, 3.63) is 59.9 Å². The van der Waals surface area contributed by atoms with Gasteiger partial charge in [0.2, 0.25) is 0 Å². The Morgan fingerprint density at radius 3 is 2.33 bits per heavy atom. The molecule has 0 aliphatic heterocycles. The number of aldehydes is 1. The topological polar surface area (TPSA) is 99.9 Å². The van der Waals surface area contributed by atoms with Gasteiger partial charge in [-0.15, -0.1) is 6.58 Å². The van der Waals surface area contributed by atoms with Crippen LogP contribution in [0.1, 0.15) is 77.0 Å². The Labute approximate surface area is 215 Å². The predicted molar refractivity (Wildman–Crippen MR) is 141 cm³/mol. The van der Waals surface area contributed by atoms with E-state index in [9.17, 15) is 9.59 Å². The molecule has 0 bridgehead atoms. The van der Waals surface area contributed by atoms with Crippen molar-refractivity contribution in [1.82, 2.24) is 10.5 Å². The third-order valence-corrected chi connectivity index (χ3v) is 10.7. The minimum absolute atomic E-state index is 0.164. The van der Waals surface area contributed by atoms with E-state index in [0.717, 1.165) is 23.7 Å². The van der Waals surface area contributed by atoms with E-state index in [1.807, 2.05) is 30.3 Å². The molecule has 2 atom stereocenters. The minimum Gasteiger partial charge on any atom is -0.470 e. The Bertz CT molecular complexity index is 974. The molecule has 0 unspecified atom stereocenters. The minimum atomic E-state index is -2.09. The van der Waals surface area contributed by atoms with E-state index in [-0.39, 0.29) is 18.2 Å². The van der Waals surface area contributed by atoms with Crippen LogP contribution in [0.15, 0.2) is 47.5 Å². The fraction of sp³-hybridized carbons (Fsp3) is 0.519. The van der Waals surface area contributed by atoms with Crippen LogP contribution in [0.25, 0.3) is 0 Å². The van der Waals surface area contributed by atoms with Gasteiger partial charge in [-0.1, -0.05) is 57.2 Å². The molecular weight excluding hydrogens is 476 g/mol. The summed E-state index contributed by atoms with van der Waals surface area (Å²) in [6, 6.07) is 11.3. The SMILES string of the molecule is C=CC[C@@H](O[Si](CC)(CC)CC)c1c(OCc2ccccc2)noc1[C@H](C=O)NC(=O)OC(C)(C)C. The molecule has 2 aromatic rings. The second-order valence-corrected chi connectivity index (χ2v) is 14.4. The first-order chi connectivity index (χ1) is 17.1. The Morgan fingerprint density at radius 2 is 1.81 bits per heavy atom. The number of nitrogens with zero attached hydrogens (tertiary/aromatic N) is 1. The number of rotatable bonds is 14. The molecule has 0 saturated carbocycles. The summed E-state index contributed by atoms with van der Waals surface area (Å²) >= 11 is 0. The number of aromatic nitrogens is 1. The Morgan fingerprint density at radius 1 is 1.17 bits per heavy atom. The second kappa shape index (κ2) is 13.4. The molecule has 0 saturated heterocycles. The van der Waals surface area contributed by atoms with Crippen molar-refractivity contribution in [1.29, 1.82) is 0 Å². The van der Waals surface area contributed by atoms with Crippen molar-refractivity contribution >= 4 is 20.7 Å². The Kier molecular flexibility index (Phi) is 10.9. The summed E-state index contributed by atoms with van der Waals surface area (Å²) in [6.07, 6.45) is 1.57. The van der Waals surface area contributed by atoms with Crippen LogP contribution in [0.3, 0.4) is 0 Å². The first-order valence-corrected chi connectivity index (χ1v) is 15.0. The number of amides is 1. The molecule has 1 aromatic heterocycles. The molecule has 0 spiro atoms. The van der Waals surface area contributed by atoms with Crippen LogP contribution < -0.4 is 10.1 Å². The molecule has 1 amide bonds. The predicted octanol–water partition coefficient (Wildman–Crippen LogP) is 6.66. The third-order valence-electron chi connectivity index (χ3n) is 6.06. The van der Waals surface area contributed by atoms with Crippen LogP contribution in [0.2, 0.25) is 18.1 Å². The third kappa shape index (κ3) is 8.06. The Balaban J connectivity index is 2.50. The van der Waals surface area contributed by atoms with E-state index in [1.54, 1.807) is 26.8 Å². The molecular formula is C27H40N2O6Si. The number of carbonyl (C=O) groups is 2. The van der Waals surface area contributed by atoms with Crippen LogP contribution >= 0.6 is 0 Å². The van der Waals surface area contributed by atoms with Crippen molar-refractivity contribution in [2.75, 3.05) is 0 Å². The normalized spacial score (nSPS) is 13.5. The van der Waals surface area contributed by atoms with Crippen molar-refractivity contribution in [3.8, 4) is 5.88 Å². The molecule has 9 heteroatoms. The summed E-state index contributed by atoms with van der Waals surface area (Å²) < 4.78 is 23.9. The summed E-state index contributed by atoms with van der Waals surface area (Å²) in [5.41, 5.74) is 0.730. The Hall–Kier alpha value is -2.91. The van der Waals surface area contributed by atoms with Crippen molar-refractivity contribution in [2.24, 2.45) is 0 Å². The summed E-state index contributed by atoms with van der Waals surface area (Å²) in [5, 5.41) is 6.73. The van der Waals surface area contributed by atoms with Gasteiger partial charge >= 0.3 is 6.09 Å². The van der Waals surface area contributed by atoms with Gasteiger partial charge in [0.25, 0.3) is 5.88 Å². The maximum absolute atomic E-state index is 12.5. The van der Waals surface area contributed by atoms with Gasteiger partial charge in [0, 0.05) is 0 Å². The zero-order valence-corrected chi connectivity index (χ0v) is 23.3. The highest BCUT2D eigenvalue weighted by molar-refractivity contribution is 6.73. The molecule has 0 fully saturated rings. The number of hydrogen-bond acceptors (Lipinski definition) is 7. The quantitative estimate of drug-likeness (QED) is 0.170. The maximum Gasteiger partial charge on any atom is 0.408 e. The first kappa shape index (κ1) is 29.3. The second-order valence-electron chi connectivity index (χ2n) is 9.67. The molecule has 36 heavy (non-hydrogen) atoms. The van der Waals surface area contributed by atoms with Crippen molar-refractivity contribution in [2.45, 2.75) is 90.4 Å². The maximum atomic E-state index is 12.5. The summed E-state index contributed by atoms with van der Waals surface area (Å²) in [6.45, 7) is 15.8. The lowest BCUT2D eigenvalue weighted by molar-refractivity contribution is -0.110. The van der Waals surface area contributed by atoms with E-state index in [1.165, 1.54) is 0 Å². The zero-order chi connectivity index (χ0) is 26.8. The summed E-state index contributed by atoms with van der Waals surface area (Å²) in [5.74, 6) is 0.390. The average molecular weight is 517 g/mol. The van der Waals surface area contributed by atoms with Crippen LogP contribution in [0.5, 0.6) is 5.88 Å². The fourth-order valence-corrected chi connectivity index (χ4v) is 6.74. The van der Waals surface area contributed by atoms with Gasteiger partial charge < -0.3 is 28.5 Å². The smallest absolute Gasteiger partial charge is 0.408 e. The number of hydrogen-bond donors (Lipinski definition) is 1. The lowest BCUT2D eigenvalue weighted by atomic mass is 10.0. The monoisotopic (exact) mass is 516 g/mol. The lowest BCUT2D eigenvalue weighted by Gasteiger charge is -2.33. The van der Waals surface area contributed by atoms with Crippen molar-refractivity contribution < 1.29 is 28.0 Å². The summed E-state index contributed by atoms with van der Waals surface area (Å²) in [7, 11) is -2.09. The molecule has 1 aromatic carbocycles. The van der Waals surface area contributed by atoms with E-state index in [0.29, 0.717) is 18.3 Å². The number of nitrogens with one attached hydrogen (secondary N) is 1. The van der Waals surface area contributed by atoms with Crippen LogP contribution in [0, 0.1) is 0 Å². The largest absolute Gasteiger partial charge is 0.470 e. The highest BCUT2D eigenvalue weighted by Crippen LogP contribution is 2.40. The average Bonchev–Trinajstić information content (AvgIpc) is 3.27. The van der Waals surface area contributed by atoms with Crippen LogP contribution in [-0.4, -0.2) is 31.5 Å². The van der Waals surface area contributed by atoms with Crippen LogP contribution in [-0.2, 0) is 20.6 Å². The first-order valence-electron chi connectivity index (χ1n) is 12.5. The fourth-order valence-electron chi connectivity index (χ4n) is 3.92. The van der Waals surface area contributed by atoms with E-state index < -0.39 is 32.2 Å². The standard InChI is InChI=1S/C27H40N2O6Si/c1-8-15-22(35-36(9-2,10-3)11-4)23-24(21(18-30)28-26(31)33-27(5,6)7)34-29-25(23)32-19-20-16-13-12-14-17-20/h8,12-14,16-18,21-22H,1,9-11,15,19H2,2-7H3,(H,28,31)/t21-,22+/m0/s1. The van der Waals surface area contributed by atoms with E-state index in [4.69, 9.17) is 18.4 Å². The molecule has 2 rings (SSSR count). The molecule has 0 aliphatic carbocycles. The van der Waals surface area contributed by atoms with Gasteiger partial charge in [0.05, 0.1) is 11.7 Å². The van der Waals surface area contributed by atoms with Crippen molar-refractivity contribution in [3.63, 3.8) is 0 Å². The highest BCUT2D eigenvalue weighted by Gasteiger charge is 2.38. The van der Waals surface area contributed by atoms with Crippen LogP contribution in [0.4, 0.5) is 4.79 Å². The number of alkyl carbamates (subject to hydrolysis) is 1. The molecule has 198 valence electrons. The van der Waals surface area contributed by atoms with Gasteiger partial charge in [0.15, 0.2) is 14.1 Å². The molecule has 1 heterocycles. The van der Waals surface area contributed by atoms with Gasteiger partial charge in [0.1, 0.15) is 24.5 Å². The molecule has 0 aliphatic rings. The summed E-state index contributed by atoms with van der Waals surface area (Å²) in [4.78, 5) is 24.6. The number of ether oxygens (including phenoxy) is 2. The van der Waals surface area contributed by atoms with Gasteiger partial charge in [-0.3, -0.25) is 0 Å². The zero-order valence-electron chi connectivity index (χ0n) is 22.3. The number of benzene rings is 1.